The number of hydrogen-bond acceptors (Lipinski definition) is 6. The van der Waals surface area contributed by atoms with Gasteiger partial charge >= 0.3 is 21.1 Å². The molecule has 8 rings (SSSR count). The van der Waals surface area contributed by atoms with E-state index in [0.29, 0.717) is 11.5 Å². The molecule has 7 aromatic rings. The van der Waals surface area contributed by atoms with Crippen LogP contribution < -0.4 is 14.5 Å². The molecule has 0 N–H and O–H groups in total. The first-order valence-corrected chi connectivity index (χ1v) is 16.3. The second-order valence-corrected chi connectivity index (χ2v) is 12.6. The number of pyridine rings is 1. The van der Waals surface area contributed by atoms with Crippen LogP contribution in [-0.4, -0.2) is 71.6 Å². The van der Waals surface area contributed by atoms with Gasteiger partial charge in [0, 0.05) is 63.5 Å². The number of anilines is 2. The number of piperazine rings is 1. The minimum Gasteiger partial charge on any atom is -0.509 e. The summed E-state index contributed by atoms with van der Waals surface area (Å²) in [5, 5.41) is 7.44. The van der Waals surface area contributed by atoms with Crippen LogP contribution in [0.3, 0.4) is 0 Å². The van der Waals surface area contributed by atoms with Crippen molar-refractivity contribution < 1.29 is 25.8 Å². The molecule has 3 aromatic heterocycles. The smallest absolute Gasteiger partial charge is 0.509 e. The second-order valence-electron chi connectivity index (χ2n) is 12.6. The van der Waals surface area contributed by atoms with Crippen LogP contribution in [0.4, 0.5) is 11.6 Å². The van der Waals surface area contributed by atoms with Crippen molar-refractivity contribution in [2.45, 2.75) is 6.92 Å². The van der Waals surface area contributed by atoms with E-state index in [-0.39, 0.29) is 21.1 Å². The molecule has 1 saturated heterocycles. The zero-order valence-electron chi connectivity index (χ0n) is 28.0. The average Bonchev–Trinajstić information content (AvgIpc) is 3.66. The largest absolute Gasteiger partial charge is 2.00 e. The fourth-order valence-electron chi connectivity index (χ4n) is 6.60. The molecule has 0 saturated carbocycles. The molecule has 0 spiro atoms. The Kier molecular flexibility index (Phi) is 9.01. The van der Waals surface area contributed by atoms with Crippen LogP contribution in [0.15, 0.2) is 103 Å². The van der Waals surface area contributed by atoms with Gasteiger partial charge in [-0.3, -0.25) is 0 Å². The van der Waals surface area contributed by atoms with E-state index in [2.05, 4.69) is 112 Å². The molecule has 9 heteroatoms. The van der Waals surface area contributed by atoms with Gasteiger partial charge in [-0.2, -0.15) is 12.1 Å². The summed E-state index contributed by atoms with van der Waals surface area (Å²) in [6.07, 6.45) is 1.85. The molecular weight excluding hydrogens is 790 g/mol. The number of likely N-dealkylation sites (N-methyl/N-ethyl adjacent to an activating group) is 1. The van der Waals surface area contributed by atoms with Crippen molar-refractivity contribution in [3.05, 3.63) is 121 Å². The van der Waals surface area contributed by atoms with Gasteiger partial charge in [0.05, 0.1) is 5.56 Å². The third-order valence-electron chi connectivity index (χ3n) is 9.02. The molecule has 0 aliphatic carbocycles. The molecular formula is C40H37N7OPt. The molecule has 8 nitrogen and oxygen atoms in total. The van der Waals surface area contributed by atoms with Crippen molar-refractivity contribution in [2.24, 2.45) is 0 Å². The molecule has 0 bridgehead atoms. The van der Waals surface area contributed by atoms with E-state index in [9.17, 15) is 0 Å². The predicted molar refractivity (Wildman–Crippen MR) is 194 cm³/mol. The van der Waals surface area contributed by atoms with E-state index < -0.39 is 0 Å². The van der Waals surface area contributed by atoms with E-state index in [1.54, 1.807) is 0 Å². The maximum Gasteiger partial charge on any atom is 2.00 e. The minimum absolute atomic E-state index is 0. The van der Waals surface area contributed by atoms with Gasteiger partial charge in [0.2, 0.25) is 0 Å². The maximum atomic E-state index is 6.51. The quantitative estimate of drug-likeness (QED) is 0.155. The molecule has 1 aliphatic heterocycles. The third kappa shape index (κ3) is 6.11. The van der Waals surface area contributed by atoms with E-state index in [1.165, 1.54) is 0 Å². The van der Waals surface area contributed by atoms with Crippen LogP contribution in [0.5, 0.6) is 11.5 Å². The zero-order chi connectivity index (χ0) is 32.8. The number of aryl methyl sites for hydroxylation is 1. The number of hydrogen-bond donors (Lipinski definition) is 0. The van der Waals surface area contributed by atoms with Gasteiger partial charge in [0.15, 0.2) is 5.82 Å². The first-order chi connectivity index (χ1) is 23.4. The summed E-state index contributed by atoms with van der Waals surface area (Å²) < 4.78 is 10.7. The normalized spacial score (nSPS) is 13.5. The number of aromatic nitrogens is 4. The molecule has 0 atom stereocenters. The molecule has 4 aromatic carbocycles. The number of rotatable bonds is 7. The molecule has 4 heterocycles. The SMILES string of the molecule is Cc1ccnc(-n2c3[c-]c(Oc4[c-]c(-n5nc(N(C)C)c(-c6ccccc6)c5N5CCN(C)CC5)ccc4)ccc3c3ccccc32)c1.[Pt+2]. The Labute approximate surface area is 301 Å². The second kappa shape index (κ2) is 13.5. The van der Waals surface area contributed by atoms with Gasteiger partial charge in [-0.05, 0) is 54.4 Å². The van der Waals surface area contributed by atoms with Gasteiger partial charge in [-0.15, -0.1) is 40.8 Å². The third-order valence-corrected chi connectivity index (χ3v) is 9.02. The Morgan fingerprint density at radius 1 is 0.776 bits per heavy atom. The number of ether oxygens (including phenoxy) is 1. The fraction of sp³-hybridized carbons (Fsp3) is 0.200. The van der Waals surface area contributed by atoms with Crippen LogP contribution in [0.25, 0.3) is 44.4 Å². The summed E-state index contributed by atoms with van der Waals surface area (Å²) in [4.78, 5) is 11.6. The number of benzene rings is 4. The first kappa shape index (κ1) is 32.6. The van der Waals surface area contributed by atoms with Crippen LogP contribution in [0, 0.1) is 19.1 Å². The number of nitrogens with zero attached hydrogens (tertiary/aromatic N) is 7. The monoisotopic (exact) mass is 826 g/mol. The summed E-state index contributed by atoms with van der Waals surface area (Å²) in [5.41, 5.74) is 6.19. The van der Waals surface area contributed by atoms with Gasteiger partial charge in [-0.1, -0.05) is 54.0 Å². The van der Waals surface area contributed by atoms with Gasteiger partial charge in [-0.25, -0.2) is 9.67 Å². The van der Waals surface area contributed by atoms with Crippen LogP contribution in [-0.2, 0) is 21.1 Å². The van der Waals surface area contributed by atoms with Crippen molar-refractivity contribution in [1.29, 1.82) is 0 Å². The summed E-state index contributed by atoms with van der Waals surface area (Å²) >= 11 is 0. The van der Waals surface area contributed by atoms with Gasteiger partial charge < -0.3 is 24.0 Å². The molecule has 1 fully saturated rings. The maximum absolute atomic E-state index is 6.51. The van der Waals surface area contributed by atoms with Crippen molar-refractivity contribution in [2.75, 3.05) is 57.1 Å². The molecule has 248 valence electrons. The Morgan fingerprint density at radius 3 is 2.31 bits per heavy atom. The molecule has 0 amide bonds. The molecule has 1 aliphatic rings. The zero-order valence-corrected chi connectivity index (χ0v) is 30.3. The Balaban J connectivity index is 0.00000378. The first-order valence-electron chi connectivity index (χ1n) is 16.3. The summed E-state index contributed by atoms with van der Waals surface area (Å²) in [7, 11) is 6.28. The van der Waals surface area contributed by atoms with E-state index in [4.69, 9.17) is 14.8 Å². The molecule has 0 radical (unpaired) electrons. The summed E-state index contributed by atoms with van der Waals surface area (Å²) in [6, 6.07) is 40.2. The standard InChI is InChI=1S/C40H37N7O.Pt/c1-28-19-20-41-37(25-28)46-35-16-9-8-15-33(35)34-18-17-32(27-36(34)46)48-31-14-10-13-30(26-31)47-40(45-23-21-44(4)22-24-45)38(39(42-47)43(2)3)29-11-6-5-7-12-29;/h5-20,25H,21-24H2,1-4H3;/q-2;+2. The van der Waals surface area contributed by atoms with E-state index in [0.717, 1.165) is 87.8 Å². The topological polar surface area (TPSA) is 54.6 Å². The number of para-hydroxylation sites is 1. The summed E-state index contributed by atoms with van der Waals surface area (Å²) in [5.74, 6) is 4.02. The van der Waals surface area contributed by atoms with Gasteiger partial charge in [0.25, 0.3) is 0 Å². The van der Waals surface area contributed by atoms with Crippen molar-refractivity contribution in [3.8, 4) is 34.1 Å². The van der Waals surface area contributed by atoms with Crippen LogP contribution >= 0.6 is 0 Å². The molecule has 0 unspecified atom stereocenters. The number of fused-ring (bicyclic) bond motifs is 3. The Bertz CT molecular complexity index is 2250. The van der Waals surface area contributed by atoms with Crippen molar-refractivity contribution in [1.82, 2.24) is 24.2 Å². The van der Waals surface area contributed by atoms with E-state index >= 15 is 0 Å². The van der Waals surface area contributed by atoms with Crippen LogP contribution in [0.1, 0.15) is 5.56 Å². The van der Waals surface area contributed by atoms with Gasteiger partial charge in [0.1, 0.15) is 11.6 Å². The summed E-state index contributed by atoms with van der Waals surface area (Å²) in [6.45, 7) is 5.86. The van der Waals surface area contributed by atoms with Crippen molar-refractivity contribution in [3.63, 3.8) is 0 Å². The Hall–Kier alpha value is -4.91. The predicted octanol–water partition coefficient (Wildman–Crippen LogP) is 7.55. The average molecular weight is 827 g/mol. The molecule has 49 heavy (non-hydrogen) atoms. The van der Waals surface area contributed by atoms with E-state index in [1.807, 2.05) is 55.3 Å². The fourth-order valence-corrected chi connectivity index (χ4v) is 6.60. The van der Waals surface area contributed by atoms with Crippen molar-refractivity contribution >= 4 is 33.4 Å². The minimum atomic E-state index is 0. The van der Waals surface area contributed by atoms with Crippen LogP contribution in [0.2, 0.25) is 0 Å². The Morgan fingerprint density at radius 2 is 1.53 bits per heavy atom.